The normalized spacial score (nSPS) is 12.6. The van der Waals surface area contributed by atoms with Crippen molar-refractivity contribution in [2.24, 2.45) is 5.73 Å². The Morgan fingerprint density at radius 1 is 1.45 bits per heavy atom. The average Bonchev–Trinajstić information content (AvgIpc) is 2.34. The number of nitrogens with zero attached hydrogens (tertiary/aromatic N) is 1. The number of aliphatic hydroxyl groups is 1. The van der Waals surface area contributed by atoms with E-state index in [0.717, 1.165) is 0 Å². The number of nitrogens with one attached hydrogen (secondary N) is 1. The maximum atomic E-state index is 11.4. The third-order valence-electron chi connectivity index (χ3n) is 2.20. The SMILES string of the molecule is CC(C)(C)OC(=O)NCC(O)c1cccc(C(N)=O)n1. The van der Waals surface area contributed by atoms with Crippen LogP contribution in [0.25, 0.3) is 0 Å². The van der Waals surface area contributed by atoms with Crippen molar-refractivity contribution in [3.05, 3.63) is 29.6 Å². The van der Waals surface area contributed by atoms with Gasteiger partial charge in [0.15, 0.2) is 0 Å². The van der Waals surface area contributed by atoms with E-state index < -0.39 is 23.7 Å². The minimum absolute atomic E-state index is 0.0545. The van der Waals surface area contributed by atoms with Crippen molar-refractivity contribution in [1.82, 2.24) is 10.3 Å². The van der Waals surface area contributed by atoms with Crippen molar-refractivity contribution >= 4 is 12.0 Å². The Bertz CT molecular complexity index is 497. The Labute approximate surface area is 117 Å². The van der Waals surface area contributed by atoms with E-state index in [1.54, 1.807) is 26.8 Å². The molecular formula is C13H19N3O4. The summed E-state index contributed by atoms with van der Waals surface area (Å²) in [5.74, 6) is -0.681. The molecule has 1 atom stereocenters. The number of hydrogen-bond donors (Lipinski definition) is 3. The predicted octanol–water partition coefficient (Wildman–Crippen LogP) is 0.739. The minimum atomic E-state index is -1.05. The molecule has 7 nitrogen and oxygen atoms in total. The molecule has 1 aromatic heterocycles. The zero-order valence-corrected chi connectivity index (χ0v) is 11.7. The van der Waals surface area contributed by atoms with Crippen LogP contribution in [-0.4, -0.2) is 34.2 Å². The summed E-state index contributed by atoms with van der Waals surface area (Å²) < 4.78 is 5.03. The van der Waals surface area contributed by atoms with Crippen LogP contribution in [-0.2, 0) is 4.74 Å². The van der Waals surface area contributed by atoms with Gasteiger partial charge < -0.3 is 20.9 Å². The first-order chi connectivity index (χ1) is 9.19. The van der Waals surface area contributed by atoms with E-state index in [2.05, 4.69) is 10.3 Å². The van der Waals surface area contributed by atoms with E-state index in [1.165, 1.54) is 12.1 Å². The molecule has 0 saturated heterocycles. The van der Waals surface area contributed by atoms with E-state index in [1.807, 2.05) is 0 Å². The highest BCUT2D eigenvalue weighted by molar-refractivity contribution is 5.90. The van der Waals surface area contributed by atoms with Gasteiger partial charge in [-0.15, -0.1) is 0 Å². The number of amides is 2. The molecule has 0 fully saturated rings. The molecule has 110 valence electrons. The number of hydrogen-bond acceptors (Lipinski definition) is 5. The molecule has 0 radical (unpaired) electrons. The van der Waals surface area contributed by atoms with Gasteiger partial charge in [0.25, 0.3) is 5.91 Å². The molecule has 1 unspecified atom stereocenters. The fraction of sp³-hybridized carbons (Fsp3) is 0.462. The van der Waals surface area contributed by atoms with Crippen LogP contribution in [0.3, 0.4) is 0 Å². The monoisotopic (exact) mass is 281 g/mol. The molecule has 2 amide bonds. The van der Waals surface area contributed by atoms with Gasteiger partial charge in [0.05, 0.1) is 12.2 Å². The molecule has 1 aromatic rings. The van der Waals surface area contributed by atoms with Crippen LogP contribution < -0.4 is 11.1 Å². The minimum Gasteiger partial charge on any atom is -0.444 e. The van der Waals surface area contributed by atoms with Crippen LogP contribution in [0.1, 0.15) is 43.1 Å². The largest absolute Gasteiger partial charge is 0.444 e. The van der Waals surface area contributed by atoms with Gasteiger partial charge in [-0.1, -0.05) is 6.07 Å². The van der Waals surface area contributed by atoms with Crippen molar-refractivity contribution in [3.63, 3.8) is 0 Å². The Hall–Kier alpha value is -2.15. The zero-order valence-electron chi connectivity index (χ0n) is 11.7. The van der Waals surface area contributed by atoms with Crippen LogP contribution in [0.2, 0.25) is 0 Å². The Morgan fingerprint density at radius 2 is 2.10 bits per heavy atom. The molecule has 0 aliphatic rings. The lowest BCUT2D eigenvalue weighted by Crippen LogP contribution is -2.35. The number of primary amides is 1. The number of carbonyl (C=O) groups excluding carboxylic acids is 2. The van der Waals surface area contributed by atoms with Gasteiger partial charge >= 0.3 is 6.09 Å². The number of carbonyl (C=O) groups is 2. The number of ether oxygens (including phenoxy) is 1. The second-order valence-electron chi connectivity index (χ2n) is 5.21. The predicted molar refractivity (Wildman–Crippen MR) is 72.0 cm³/mol. The summed E-state index contributed by atoms with van der Waals surface area (Å²) >= 11 is 0. The maximum absolute atomic E-state index is 11.4. The third kappa shape index (κ3) is 5.23. The standard InChI is InChI=1S/C13H19N3O4/c1-13(2,3)20-12(19)15-7-10(17)8-5-4-6-9(16-8)11(14)18/h4-6,10,17H,7H2,1-3H3,(H2,14,18)(H,15,19). The lowest BCUT2D eigenvalue weighted by Gasteiger charge is -2.20. The first-order valence-corrected chi connectivity index (χ1v) is 6.11. The Kier molecular flexibility index (Phi) is 5.04. The second kappa shape index (κ2) is 6.33. The van der Waals surface area contributed by atoms with Gasteiger partial charge in [-0.05, 0) is 32.9 Å². The molecule has 1 rings (SSSR count). The Morgan fingerprint density at radius 3 is 2.65 bits per heavy atom. The van der Waals surface area contributed by atoms with Crippen LogP contribution >= 0.6 is 0 Å². The fourth-order valence-electron chi connectivity index (χ4n) is 1.37. The molecule has 0 aromatic carbocycles. The number of alkyl carbamates (subject to hydrolysis) is 1. The molecular weight excluding hydrogens is 262 g/mol. The first kappa shape index (κ1) is 15.9. The summed E-state index contributed by atoms with van der Waals surface area (Å²) in [7, 11) is 0. The molecule has 0 saturated carbocycles. The van der Waals surface area contributed by atoms with Gasteiger partial charge in [0.1, 0.15) is 17.4 Å². The van der Waals surface area contributed by atoms with Gasteiger partial charge in [-0.2, -0.15) is 0 Å². The summed E-state index contributed by atoms with van der Waals surface area (Å²) in [5, 5.41) is 12.3. The van der Waals surface area contributed by atoms with Gasteiger partial charge in [0.2, 0.25) is 0 Å². The van der Waals surface area contributed by atoms with Crippen molar-refractivity contribution < 1.29 is 19.4 Å². The molecule has 0 bridgehead atoms. The van der Waals surface area contributed by atoms with Crippen LogP contribution in [0.5, 0.6) is 0 Å². The van der Waals surface area contributed by atoms with Crippen LogP contribution in [0.15, 0.2) is 18.2 Å². The van der Waals surface area contributed by atoms with E-state index in [4.69, 9.17) is 10.5 Å². The molecule has 7 heteroatoms. The highest BCUT2D eigenvalue weighted by Gasteiger charge is 2.18. The number of aliphatic hydroxyl groups excluding tert-OH is 1. The topological polar surface area (TPSA) is 115 Å². The lowest BCUT2D eigenvalue weighted by atomic mass is 10.2. The fourth-order valence-corrected chi connectivity index (χ4v) is 1.37. The molecule has 1 heterocycles. The summed E-state index contributed by atoms with van der Waals surface area (Å²) in [4.78, 5) is 26.3. The van der Waals surface area contributed by atoms with Gasteiger partial charge in [0, 0.05) is 0 Å². The summed E-state index contributed by atoms with van der Waals surface area (Å²) in [5.41, 5.74) is 4.79. The van der Waals surface area contributed by atoms with E-state index in [-0.39, 0.29) is 17.9 Å². The molecule has 0 spiro atoms. The lowest BCUT2D eigenvalue weighted by molar-refractivity contribution is 0.0490. The molecule has 0 aliphatic heterocycles. The van der Waals surface area contributed by atoms with Crippen molar-refractivity contribution in [3.8, 4) is 0 Å². The van der Waals surface area contributed by atoms with E-state index in [9.17, 15) is 14.7 Å². The van der Waals surface area contributed by atoms with Crippen molar-refractivity contribution in [1.29, 1.82) is 0 Å². The molecule has 20 heavy (non-hydrogen) atoms. The summed E-state index contributed by atoms with van der Waals surface area (Å²) in [6.07, 6.45) is -1.69. The van der Waals surface area contributed by atoms with E-state index >= 15 is 0 Å². The van der Waals surface area contributed by atoms with Crippen molar-refractivity contribution in [2.75, 3.05) is 6.54 Å². The number of rotatable bonds is 4. The highest BCUT2D eigenvalue weighted by atomic mass is 16.6. The molecule has 0 aliphatic carbocycles. The maximum Gasteiger partial charge on any atom is 0.407 e. The zero-order chi connectivity index (χ0) is 15.3. The smallest absolute Gasteiger partial charge is 0.407 e. The van der Waals surface area contributed by atoms with Gasteiger partial charge in [-0.3, -0.25) is 4.79 Å². The summed E-state index contributed by atoms with van der Waals surface area (Å²) in [6, 6.07) is 4.53. The highest BCUT2D eigenvalue weighted by Crippen LogP contribution is 2.11. The van der Waals surface area contributed by atoms with Crippen LogP contribution in [0, 0.1) is 0 Å². The first-order valence-electron chi connectivity index (χ1n) is 6.11. The quantitative estimate of drug-likeness (QED) is 0.753. The van der Waals surface area contributed by atoms with Gasteiger partial charge in [-0.25, -0.2) is 9.78 Å². The number of nitrogens with two attached hydrogens (primary N) is 1. The Balaban J connectivity index is 2.59. The molecule has 4 N–H and O–H groups in total. The number of pyridine rings is 1. The second-order valence-corrected chi connectivity index (χ2v) is 5.21. The average molecular weight is 281 g/mol. The van der Waals surface area contributed by atoms with Crippen LogP contribution in [0.4, 0.5) is 4.79 Å². The van der Waals surface area contributed by atoms with E-state index in [0.29, 0.717) is 0 Å². The van der Waals surface area contributed by atoms with Crippen molar-refractivity contribution in [2.45, 2.75) is 32.5 Å². The number of aromatic nitrogens is 1. The third-order valence-corrected chi connectivity index (χ3v) is 2.20. The summed E-state index contributed by atoms with van der Waals surface area (Å²) in [6.45, 7) is 5.13.